The molecule has 2 aliphatic heterocycles. The van der Waals surface area contributed by atoms with E-state index in [1.54, 1.807) is 25.3 Å². The van der Waals surface area contributed by atoms with Gasteiger partial charge in [-0.15, -0.1) is 23.1 Å². The minimum absolute atomic E-state index is 0.317. The van der Waals surface area contributed by atoms with Crippen molar-refractivity contribution in [1.82, 2.24) is 10.2 Å². The molecule has 11 heteroatoms. The van der Waals surface area contributed by atoms with Crippen LogP contribution in [0.4, 0.5) is 0 Å². The lowest BCUT2D eigenvalue weighted by Crippen LogP contribution is -2.80. The molecule has 2 aliphatic rings. The summed E-state index contributed by atoms with van der Waals surface area (Å²) in [4.78, 5) is 50.2. The quantitative estimate of drug-likeness (QED) is 0.349. The van der Waals surface area contributed by atoms with Gasteiger partial charge in [-0.3, -0.25) is 14.4 Å². The van der Waals surface area contributed by atoms with Crippen molar-refractivity contribution in [2.75, 3.05) is 7.11 Å². The fourth-order valence-electron chi connectivity index (χ4n) is 3.46. The zero-order valence-corrected chi connectivity index (χ0v) is 16.3. The van der Waals surface area contributed by atoms with E-state index in [-0.39, 0.29) is 0 Å². The first kappa shape index (κ1) is 19.6. The van der Waals surface area contributed by atoms with Gasteiger partial charge in [0.15, 0.2) is 5.92 Å². The summed E-state index contributed by atoms with van der Waals surface area (Å²) in [7, 11) is 1.22. The standard InChI is InChI=1S/C16H18N2O7S2/c1-15(2)9(12(22)23)18-13(24)16(25-3,14(18)27-15)17-10(19)8(11(20)21)7-5-4-6-26-7/h4-6,8-9,14H,1-3H3,(H,17,19)(H,20,21)(H,22,23)/t8?,9-,14+,16-/m0/s1. The molecule has 0 saturated carbocycles. The molecule has 4 atom stereocenters. The summed E-state index contributed by atoms with van der Waals surface area (Å²) in [5.41, 5.74) is -1.80. The zero-order valence-electron chi connectivity index (χ0n) is 14.7. The molecule has 3 rings (SSSR count). The Kier molecular flexibility index (Phi) is 4.73. The Bertz CT molecular complexity index is 810. The van der Waals surface area contributed by atoms with Crippen LogP contribution < -0.4 is 5.32 Å². The van der Waals surface area contributed by atoms with E-state index in [0.29, 0.717) is 4.88 Å². The molecule has 3 heterocycles. The molecule has 0 radical (unpaired) electrons. The van der Waals surface area contributed by atoms with E-state index in [9.17, 15) is 29.4 Å². The van der Waals surface area contributed by atoms with E-state index in [4.69, 9.17) is 4.74 Å². The number of carbonyl (C=O) groups is 4. The van der Waals surface area contributed by atoms with Crippen LogP contribution in [0.2, 0.25) is 0 Å². The number of rotatable bonds is 6. The number of carbonyl (C=O) groups excluding carboxylic acids is 2. The van der Waals surface area contributed by atoms with Crippen molar-refractivity contribution in [2.24, 2.45) is 0 Å². The van der Waals surface area contributed by atoms with Gasteiger partial charge in [0, 0.05) is 16.7 Å². The Morgan fingerprint density at radius 3 is 2.48 bits per heavy atom. The molecule has 27 heavy (non-hydrogen) atoms. The Morgan fingerprint density at radius 1 is 1.33 bits per heavy atom. The van der Waals surface area contributed by atoms with Crippen LogP contribution in [0.25, 0.3) is 0 Å². The summed E-state index contributed by atoms with van der Waals surface area (Å²) in [5, 5.41) is 22.2. The van der Waals surface area contributed by atoms with Crippen molar-refractivity contribution in [3.8, 4) is 0 Å². The minimum atomic E-state index is -1.80. The summed E-state index contributed by atoms with van der Waals surface area (Å²) < 4.78 is 4.50. The predicted octanol–water partition coefficient (Wildman–Crippen LogP) is 0.522. The predicted molar refractivity (Wildman–Crippen MR) is 96.3 cm³/mol. The molecular weight excluding hydrogens is 396 g/mol. The van der Waals surface area contributed by atoms with Crippen molar-refractivity contribution in [1.29, 1.82) is 0 Å². The third-order valence-electron chi connectivity index (χ3n) is 4.71. The van der Waals surface area contributed by atoms with Crippen molar-refractivity contribution >= 4 is 46.9 Å². The maximum atomic E-state index is 12.8. The number of methoxy groups -OCH3 is 1. The van der Waals surface area contributed by atoms with Gasteiger partial charge in [0.2, 0.25) is 5.91 Å². The molecule has 3 N–H and O–H groups in total. The monoisotopic (exact) mass is 414 g/mol. The van der Waals surface area contributed by atoms with Gasteiger partial charge in [0.05, 0.1) is 0 Å². The second kappa shape index (κ2) is 6.50. The van der Waals surface area contributed by atoms with Gasteiger partial charge in [-0.2, -0.15) is 0 Å². The molecule has 146 valence electrons. The van der Waals surface area contributed by atoms with E-state index in [1.807, 2.05) is 0 Å². The Labute approximate surface area is 162 Å². The second-order valence-corrected chi connectivity index (χ2v) is 9.46. The number of thiophene rings is 1. The van der Waals surface area contributed by atoms with Crippen LogP contribution in [-0.2, 0) is 23.9 Å². The third kappa shape index (κ3) is 2.80. The van der Waals surface area contributed by atoms with Crippen LogP contribution in [0.15, 0.2) is 17.5 Å². The van der Waals surface area contributed by atoms with Crippen molar-refractivity contribution < 1.29 is 34.1 Å². The fourth-order valence-corrected chi connectivity index (χ4v) is 5.94. The lowest BCUT2D eigenvalue weighted by atomic mass is 9.92. The summed E-state index contributed by atoms with van der Waals surface area (Å²) in [5.74, 6) is -5.59. The lowest BCUT2D eigenvalue weighted by molar-refractivity contribution is -0.201. The van der Waals surface area contributed by atoms with Gasteiger partial charge >= 0.3 is 11.9 Å². The number of ether oxygens (including phenoxy) is 1. The number of hydrogen-bond acceptors (Lipinski definition) is 7. The number of fused-ring (bicyclic) bond motifs is 1. The molecule has 1 aromatic heterocycles. The third-order valence-corrected chi connectivity index (χ3v) is 7.26. The fraction of sp³-hybridized carbons (Fsp3) is 0.500. The lowest BCUT2D eigenvalue weighted by Gasteiger charge is -2.51. The summed E-state index contributed by atoms with van der Waals surface area (Å²) >= 11 is 2.30. The average molecular weight is 414 g/mol. The van der Waals surface area contributed by atoms with Gasteiger partial charge in [-0.05, 0) is 25.3 Å². The molecule has 1 aromatic rings. The number of nitrogens with one attached hydrogen (secondary N) is 1. The van der Waals surface area contributed by atoms with Crippen LogP contribution in [0.1, 0.15) is 24.6 Å². The van der Waals surface area contributed by atoms with E-state index < -0.39 is 51.6 Å². The highest BCUT2D eigenvalue weighted by atomic mass is 32.2. The number of carboxylic acids is 2. The summed E-state index contributed by atoms with van der Waals surface area (Å²) in [6.07, 6.45) is 0. The maximum absolute atomic E-state index is 12.8. The number of carboxylic acid groups (broad SMARTS) is 2. The van der Waals surface area contributed by atoms with E-state index in [2.05, 4.69) is 5.32 Å². The van der Waals surface area contributed by atoms with Crippen LogP contribution >= 0.6 is 23.1 Å². The number of nitrogens with zero attached hydrogens (tertiary/aromatic N) is 1. The first-order chi connectivity index (χ1) is 12.6. The smallest absolute Gasteiger partial charge is 0.327 e. The Morgan fingerprint density at radius 2 is 2.00 bits per heavy atom. The van der Waals surface area contributed by atoms with Gasteiger partial charge in [-0.1, -0.05) is 6.07 Å². The number of β-lactam (4-membered cyclic amide) rings is 1. The number of amides is 2. The molecule has 0 spiro atoms. The molecule has 1 unspecified atom stereocenters. The minimum Gasteiger partial charge on any atom is -0.480 e. The summed E-state index contributed by atoms with van der Waals surface area (Å²) in [6, 6.07) is 2.07. The average Bonchev–Trinajstić information content (AvgIpc) is 3.16. The second-order valence-electron chi connectivity index (χ2n) is 6.74. The SMILES string of the molecule is CO[C@@]1(NC(=O)C(C(=O)O)c2cccs2)C(=O)N2[C@@H](C(=O)O)C(C)(C)S[C@@H]21. The van der Waals surface area contributed by atoms with Gasteiger partial charge in [0.1, 0.15) is 11.4 Å². The molecule has 2 amide bonds. The van der Waals surface area contributed by atoms with Gasteiger partial charge in [-0.25, -0.2) is 4.79 Å². The number of hydrogen-bond donors (Lipinski definition) is 3. The number of aliphatic carboxylic acids is 2. The first-order valence-electron chi connectivity index (χ1n) is 7.93. The first-order valence-corrected chi connectivity index (χ1v) is 9.69. The normalized spacial score (nSPS) is 29.6. The van der Waals surface area contributed by atoms with Crippen LogP contribution in [-0.4, -0.2) is 67.9 Å². The molecule has 2 saturated heterocycles. The van der Waals surface area contributed by atoms with E-state index in [1.165, 1.54) is 24.9 Å². The molecule has 0 aromatic carbocycles. The highest BCUT2D eigenvalue weighted by molar-refractivity contribution is 8.01. The van der Waals surface area contributed by atoms with Crippen LogP contribution in [0, 0.1) is 0 Å². The molecule has 2 fully saturated rings. The molecular formula is C16H18N2O7S2. The zero-order chi connectivity index (χ0) is 20.1. The van der Waals surface area contributed by atoms with Crippen molar-refractivity contribution in [3.63, 3.8) is 0 Å². The largest absolute Gasteiger partial charge is 0.480 e. The molecule has 0 bridgehead atoms. The van der Waals surface area contributed by atoms with Crippen LogP contribution in [0.3, 0.4) is 0 Å². The Balaban J connectivity index is 1.89. The van der Waals surface area contributed by atoms with E-state index >= 15 is 0 Å². The Hall–Kier alpha value is -2.11. The van der Waals surface area contributed by atoms with Crippen molar-refractivity contribution in [2.45, 2.75) is 41.7 Å². The molecule has 9 nitrogen and oxygen atoms in total. The topological polar surface area (TPSA) is 133 Å². The number of thioether (sulfide) groups is 1. The van der Waals surface area contributed by atoms with Gasteiger partial charge < -0.3 is 25.2 Å². The van der Waals surface area contributed by atoms with Gasteiger partial charge in [0.25, 0.3) is 11.6 Å². The highest BCUT2D eigenvalue weighted by Gasteiger charge is 2.73. The summed E-state index contributed by atoms with van der Waals surface area (Å²) in [6.45, 7) is 3.38. The van der Waals surface area contributed by atoms with E-state index in [0.717, 1.165) is 16.2 Å². The van der Waals surface area contributed by atoms with Crippen molar-refractivity contribution in [3.05, 3.63) is 22.4 Å². The van der Waals surface area contributed by atoms with Crippen LogP contribution in [0.5, 0.6) is 0 Å². The highest BCUT2D eigenvalue weighted by Crippen LogP contribution is 2.55. The molecule has 0 aliphatic carbocycles. The maximum Gasteiger partial charge on any atom is 0.327 e.